The first-order valence-corrected chi connectivity index (χ1v) is 4.82. The van der Waals surface area contributed by atoms with Crippen LogP contribution in [0.2, 0.25) is 0 Å². The lowest BCUT2D eigenvalue weighted by Crippen LogP contribution is -2.43. The maximum atomic E-state index is 11.2. The molecule has 0 saturated carbocycles. The van der Waals surface area contributed by atoms with E-state index in [9.17, 15) is 4.79 Å². The van der Waals surface area contributed by atoms with E-state index in [0.29, 0.717) is 25.7 Å². The summed E-state index contributed by atoms with van der Waals surface area (Å²) in [4.78, 5) is 13.3. The number of nitrogens with two attached hydrogens (primary N) is 1. The van der Waals surface area contributed by atoms with Crippen molar-refractivity contribution in [1.82, 2.24) is 10.2 Å². The van der Waals surface area contributed by atoms with Gasteiger partial charge in [0.15, 0.2) is 0 Å². The Kier molecular flexibility index (Phi) is 6.54. The number of likely N-dealkylation sites (N-methyl/N-ethyl adjacent to an activating group) is 1. The third kappa shape index (κ3) is 5.60. The first kappa shape index (κ1) is 12.4. The minimum absolute atomic E-state index is 0.0737. The number of carbonyl (C=O) groups excluding carboxylic acids is 1. The van der Waals surface area contributed by atoms with Gasteiger partial charge in [-0.3, -0.25) is 9.69 Å². The molecule has 13 heavy (non-hydrogen) atoms. The van der Waals surface area contributed by atoms with Crippen molar-refractivity contribution in [2.45, 2.75) is 26.8 Å². The van der Waals surface area contributed by atoms with E-state index in [1.807, 2.05) is 6.92 Å². The highest BCUT2D eigenvalue weighted by atomic mass is 16.2. The molecule has 0 aliphatic rings. The Balaban J connectivity index is 3.86. The van der Waals surface area contributed by atoms with Crippen molar-refractivity contribution in [3.8, 4) is 0 Å². The summed E-state index contributed by atoms with van der Waals surface area (Å²) in [7, 11) is 0. The predicted octanol–water partition coefficient (Wildman–Crippen LogP) is -0.208. The molecule has 0 fully saturated rings. The maximum absolute atomic E-state index is 11.2. The normalized spacial score (nSPS) is 10.9. The second kappa shape index (κ2) is 6.86. The van der Waals surface area contributed by atoms with Crippen molar-refractivity contribution in [2.75, 3.05) is 26.2 Å². The average Bonchev–Trinajstić information content (AvgIpc) is 2.04. The lowest BCUT2D eigenvalue weighted by Gasteiger charge is -2.24. The van der Waals surface area contributed by atoms with Crippen molar-refractivity contribution in [2.24, 2.45) is 5.73 Å². The highest BCUT2D eigenvalue weighted by Gasteiger charge is 2.11. The molecular weight excluding hydrogens is 166 g/mol. The van der Waals surface area contributed by atoms with Gasteiger partial charge in [-0.2, -0.15) is 0 Å². The first-order chi connectivity index (χ1) is 6.11. The number of carbonyl (C=O) groups is 1. The van der Waals surface area contributed by atoms with Gasteiger partial charge in [-0.15, -0.1) is 0 Å². The molecule has 0 bridgehead atoms. The summed E-state index contributed by atoms with van der Waals surface area (Å²) in [6.07, 6.45) is 0. The molecular formula is C9H21N3O. The molecule has 0 heterocycles. The molecule has 0 radical (unpaired) electrons. The molecule has 0 saturated heterocycles. The van der Waals surface area contributed by atoms with E-state index in [0.717, 1.165) is 6.54 Å². The number of rotatable bonds is 6. The van der Waals surface area contributed by atoms with Crippen molar-refractivity contribution >= 4 is 5.91 Å². The Morgan fingerprint density at radius 3 is 2.54 bits per heavy atom. The molecule has 3 N–H and O–H groups in total. The van der Waals surface area contributed by atoms with Crippen LogP contribution in [0.3, 0.4) is 0 Å². The van der Waals surface area contributed by atoms with E-state index in [4.69, 9.17) is 5.73 Å². The minimum Gasteiger partial charge on any atom is -0.355 e. The second-order valence-electron chi connectivity index (χ2n) is 3.31. The van der Waals surface area contributed by atoms with Gasteiger partial charge in [0.2, 0.25) is 5.91 Å². The van der Waals surface area contributed by atoms with Crippen LogP contribution in [-0.2, 0) is 4.79 Å². The Bertz CT molecular complexity index is 148. The van der Waals surface area contributed by atoms with Gasteiger partial charge >= 0.3 is 0 Å². The van der Waals surface area contributed by atoms with E-state index in [1.54, 1.807) is 0 Å². The van der Waals surface area contributed by atoms with E-state index in [2.05, 4.69) is 24.1 Å². The number of nitrogens with one attached hydrogen (secondary N) is 1. The summed E-state index contributed by atoms with van der Waals surface area (Å²) in [5.41, 5.74) is 5.44. The van der Waals surface area contributed by atoms with Gasteiger partial charge in [0, 0.05) is 25.7 Å². The topological polar surface area (TPSA) is 58.4 Å². The van der Waals surface area contributed by atoms with Gasteiger partial charge in [0.25, 0.3) is 0 Å². The maximum Gasteiger partial charge on any atom is 0.234 e. The van der Waals surface area contributed by atoms with E-state index in [-0.39, 0.29) is 5.91 Å². The highest BCUT2D eigenvalue weighted by molar-refractivity contribution is 5.77. The Morgan fingerprint density at radius 1 is 1.54 bits per heavy atom. The van der Waals surface area contributed by atoms with E-state index < -0.39 is 0 Å². The minimum atomic E-state index is 0.0737. The largest absolute Gasteiger partial charge is 0.355 e. The molecule has 4 nitrogen and oxygen atoms in total. The van der Waals surface area contributed by atoms with Crippen LogP contribution >= 0.6 is 0 Å². The SMILES string of the molecule is CCNC(=O)CN(CCN)C(C)C. The molecule has 0 unspecified atom stereocenters. The number of amides is 1. The summed E-state index contributed by atoms with van der Waals surface area (Å²) < 4.78 is 0. The fraction of sp³-hybridized carbons (Fsp3) is 0.889. The lowest BCUT2D eigenvalue weighted by atomic mass is 10.3. The first-order valence-electron chi connectivity index (χ1n) is 4.82. The van der Waals surface area contributed by atoms with Crippen LogP contribution < -0.4 is 11.1 Å². The number of hydrogen-bond acceptors (Lipinski definition) is 3. The van der Waals surface area contributed by atoms with Crippen LogP contribution in [0.4, 0.5) is 0 Å². The van der Waals surface area contributed by atoms with Gasteiger partial charge in [-0.25, -0.2) is 0 Å². The van der Waals surface area contributed by atoms with Crippen molar-refractivity contribution in [3.05, 3.63) is 0 Å². The Hall–Kier alpha value is -0.610. The fourth-order valence-electron chi connectivity index (χ4n) is 1.12. The van der Waals surface area contributed by atoms with Crippen molar-refractivity contribution in [3.63, 3.8) is 0 Å². The number of nitrogens with zero attached hydrogens (tertiary/aromatic N) is 1. The third-order valence-electron chi connectivity index (χ3n) is 1.87. The zero-order valence-electron chi connectivity index (χ0n) is 8.84. The molecule has 4 heteroatoms. The lowest BCUT2D eigenvalue weighted by molar-refractivity contribution is -0.122. The predicted molar refractivity (Wildman–Crippen MR) is 54.4 cm³/mol. The van der Waals surface area contributed by atoms with Gasteiger partial charge in [-0.05, 0) is 20.8 Å². The monoisotopic (exact) mass is 187 g/mol. The van der Waals surface area contributed by atoms with Crippen LogP contribution in [0, 0.1) is 0 Å². The van der Waals surface area contributed by atoms with Crippen LogP contribution in [-0.4, -0.2) is 43.0 Å². The molecule has 78 valence electrons. The van der Waals surface area contributed by atoms with E-state index >= 15 is 0 Å². The standard InChI is InChI=1S/C9H21N3O/c1-4-11-9(13)7-12(6-5-10)8(2)3/h8H,4-7,10H2,1-3H3,(H,11,13). The number of hydrogen-bond donors (Lipinski definition) is 2. The van der Waals surface area contributed by atoms with Crippen LogP contribution in [0.5, 0.6) is 0 Å². The third-order valence-corrected chi connectivity index (χ3v) is 1.87. The summed E-state index contributed by atoms with van der Waals surface area (Å²) in [5.74, 6) is 0.0737. The smallest absolute Gasteiger partial charge is 0.234 e. The molecule has 0 atom stereocenters. The van der Waals surface area contributed by atoms with E-state index in [1.165, 1.54) is 0 Å². The summed E-state index contributed by atoms with van der Waals surface area (Å²) in [5, 5.41) is 2.77. The van der Waals surface area contributed by atoms with Crippen LogP contribution in [0.15, 0.2) is 0 Å². The van der Waals surface area contributed by atoms with Crippen molar-refractivity contribution in [1.29, 1.82) is 0 Å². The highest BCUT2D eigenvalue weighted by Crippen LogP contribution is 1.95. The fourth-order valence-corrected chi connectivity index (χ4v) is 1.12. The molecule has 0 aromatic heterocycles. The van der Waals surface area contributed by atoms with Gasteiger partial charge in [0.05, 0.1) is 6.54 Å². The van der Waals surface area contributed by atoms with Crippen LogP contribution in [0.1, 0.15) is 20.8 Å². The average molecular weight is 187 g/mol. The zero-order valence-corrected chi connectivity index (χ0v) is 8.84. The molecule has 1 amide bonds. The molecule has 0 rings (SSSR count). The summed E-state index contributed by atoms with van der Waals surface area (Å²) >= 11 is 0. The Labute approximate surface area is 80.5 Å². The van der Waals surface area contributed by atoms with Gasteiger partial charge in [-0.1, -0.05) is 0 Å². The second-order valence-corrected chi connectivity index (χ2v) is 3.31. The zero-order chi connectivity index (χ0) is 10.3. The van der Waals surface area contributed by atoms with Gasteiger partial charge in [0.1, 0.15) is 0 Å². The summed E-state index contributed by atoms with van der Waals surface area (Å²) in [6.45, 7) is 8.55. The molecule has 0 aliphatic heterocycles. The molecule has 0 aromatic rings. The molecule has 0 aromatic carbocycles. The molecule has 0 aliphatic carbocycles. The molecule has 0 spiro atoms. The Morgan fingerprint density at radius 2 is 2.15 bits per heavy atom. The quantitative estimate of drug-likeness (QED) is 0.605. The van der Waals surface area contributed by atoms with Crippen molar-refractivity contribution < 1.29 is 4.79 Å². The van der Waals surface area contributed by atoms with Crippen LogP contribution in [0.25, 0.3) is 0 Å². The summed E-state index contributed by atoms with van der Waals surface area (Å²) in [6, 6.07) is 0.367. The van der Waals surface area contributed by atoms with Gasteiger partial charge < -0.3 is 11.1 Å².